The first-order valence-electron chi connectivity index (χ1n) is 9.25. The lowest BCUT2D eigenvalue weighted by Crippen LogP contribution is -2.31. The Morgan fingerprint density at radius 3 is 2.62 bits per heavy atom. The van der Waals surface area contributed by atoms with Crippen LogP contribution in [0.4, 0.5) is 11.4 Å². The van der Waals surface area contributed by atoms with E-state index in [0.717, 1.165) is 5.57 Å². The Morgan fingerprint density at radius 1 is 1.07 bits per heavy atom. The zero-order valence-corrected chi connectivity index (χ0v) is 17.1. The van der Waals surface area contributed by atoms with E-state index in [4.69, 9.17) is 23.2 Å². The van der Waals surface area contributed by atoms with E-state index in [2.05, 4.69) is 5.32 Å². The maximum absolute atomic E-state index is 12.9. The molecule has 7 heteroatoms. The molecule has 0 aromatic heterocycles. The maximum Gasteiger partial charge on any atom is 0.255 e. The van der Waals surface area contributed by atoms with Crippen molar-refractivity contribution >= 4 is 52.3 Å². The van der Waals surface area contributed by atoms with Crippen LogP contribution in [0.5, 0.6) is 0 Å². The number of fused-ring (bicyclic) bond motifs is 1. The van der Waals surface area contributed by atoms with E-state index >= 15 is 0 Å². The Kier molecular flexibility index (Phi) is 5.19. The first-order chi connectivity index (χ1) is 13.8. The van der Waals surface area contributed by atoms with Crippen LogP contribution in [-0.4, -0.2) is 17.7 Å². The highest BCUT2D eigenvalue weighted by atomic mass is 35.5. The third kappa shape index (κ3) is 3.68. The van der Waals surface area contributed by atoms with Gasteiger partial charge in [-0.15, -0.1) is 0 Å². The summed E-state index contributed by atoms with van der Waals surface area (Å²) >= 11 is 12.1. The van der Waals surface area contributed by atoms with E-state index in [1.54, 1.807) is 42.5 Å². The topological polar surface area (TPSA) is 66.5 Å². The summed E-state index contributed by atoms with van der Waals surface area (Å²) in [4.78, 5) is 39.7. The van der Waals surface area contributed by atoms with Crippen LogP contribution in [0.3, 0.4) is 0 Å². The molecular formula is C22H18Cl2N2O3. The third-order valence-corrected chi connectivity index (χ3v) is 5.93. The number of benzene rings is 2. The minimum atomic E-state index is -0.412. The van der Waals surface area contributed by atoms with Gasteiger partial charge in [0, 0.05) is 10.6 Å². The second-order valence-electron chi connectivity index (χ2n) is 7.34. The van der Waals surface area contributed by atoms with Gasteiger partial charge in [-0.1, -0.05) is 40.9 Å². The van der Waals surface area contributed by atoms with Crippen LogP contribution in [0.1, 0.15) is 30.1 Å². The van der Waals surface area contributed by atoms with Crippen molar-refractivity contribution in [3.63, 3.8) is 0 Å². The largest absolute Gasteiger partial charge is 0.321 e. The summed E-state index contributed by atoms with van der Waals surface area (Å²) < 4.78 is 0. The van der Waals surface area contributed by atoms with Crippen molar-refractivity contribution in [3.05, 3.63) is 69.7 Å². The van der Waals surface area contributed by atoms with Crippen LogP contribution in [0.15, 0.2) is 54.1 Å². The molecule has 2 aliphatic rings. The zero-order chi connectivity index (χ0) is 20.7. The van der Waals surface area contributed by atoms with Crippen LogP contribution >= 0.6 is 23.2 Å². The normalized spacial score (nSPS) is 21.1. The lowest BCUT2D eigenvalue weighted by atomic mass is 9.82. The molecule has 0 radical (unpaired) electrons. The molecule has 2 atom stereocenters. The van der Waals surface area contributed by atoms with Gasteiger partial charge < -0.3 is 5.32 Å². The van der Waals surface area contributed by atoms with E-state index in [1.165, 1.54) is 4.90 Å². The molecule has 1 saturated heterocycles. The van der Waals surface area contributed by atoms with Crippen LogP contribution in [0.25, 0.3) is 0 Å². The molecule has 0 unspecified atom stereocenters. The van der Waals surface area contributed by atoms with Crippen molar-refractivity contribution in [2.24, 2.45) is 11.8 Å². The first-order valence-corrected chi connectivity index (χ1v) is 10.0. The fraction of sp³-hybridized carbons (Fsp3) is 0.227. The average molecular weight is 429 g/mol. The van der Waals surface area contributed by atoms with Gasteiger partial charge in [-0.05, 0) is 56.2 Å². The SMILES string of the molecule is CC1=CC[C@H]2C(=O)N(c3cccc(C(=O)Nc4cc(Cl)ccc4Cl)c3)C(=O)[C@@H]2C1. The van der Waals surface area contributed by atoms with Crippen molar-refractivity contribution in [1.82, 2.24) is 0 Å². The summed E-state index contributed by atoms with van der Waals surface area (Å²) in [7, 11) is 0. The second kappa shape index (κ2) is 7.65. The molecule has 2 aromatic rings. The minimum absolute atomic E-state index is 0.206. The number of allylic oxidation sites excluding steroid dienone is 2. The molecular weight excluding hydrogens is 411 g/mol. The molecule has 1 fully saturated rings. The molecule has 1 aliphatic carbocycles. The van der Waals surface area contributed by atoms with Gasteiger partial charge in [0.05, 0.1) is 28.2 Å². The number of halogens is 2. The van der Waals surface area contributed by atoms with E-state index in [9.17, 15) is 14.4 Å². The molecule has 1 N–H and O–H groups in total. The molecule has 5 nitrogen and oxygen atoms in total. The summed E-state index contributed by atoms with van der Waals surface area (Å²) in [6.45, 7) is 1.97. The molecule has 1 heterocycles. The lowest BCUT2D eigenvalue weighted by Gasteiger charge is -2.18. The first kappa shape index (κ1) is 19.7. The predicted molar refractivity (Wildman–Crippen MR) is 113 cm³/mol. The number of nitrogens with zero attached hydrogens (tertiary/aromatic N) is 1. The number of hydrogen-bond acceptors (Lipinski definition) is 3. The molecule has 0 spiro atoms. The second-order valence-corrected chi connectivity index (χ2v) is 8.19. The van der Waals surface area contributed by atoms with Crippen molar-refractivity contribution in [3.8, 4) is 0 Å². The van der Waals surface area contributed by atoms with Gasteiger partial charge in [0.2, 0.25) is 11.8 Å². The lowest BCUT2D eigenvalue weighted by molar-refractivity contribution is -0.122. The molecule has 29 heavy (non-hydrogen) atoms. The van der Waals surface area contributed by atoms with Crippen molar-refractivity contribution in [2.75, 3.05) is 10.2 Å². The highest BCUT2D eigenvalue weighted by Gasteiger charge is 2.48. The molecule has 3 amide bonds. The highest BCUT2D eigenvalue weighted by Crippen LogP contribution is 2.39. The zero-order valence-electron chi connectivity index (χ0n) is 15.6. The third-order valence-electron chi connectivity index (χ3n) is 5.37. The van der Waals surface area contributed by atoms with Crippen LogP contribution in [-0.2, 0) is 9.59 Å². The molecule has 0 saturated carbocycles. The van der Waals surface area contributed by atoms with Gasteiger partial charge in [0.25, 0.3) is 5.91 Å². The average Bonchev–Trinajstić information content (AvgIpc) is 2.94. The Morgan fingerprint density at radius 2 is 1.83 bits per heavy atom. The van der Waals surface area contributed by atoms with Crippen molar-refractivity contribution in [2.45, 2.75) is 19.8 Å². The molecule has 4 rings (SSSR count). The van der Waals surface area contributed by atoms with Gasteiger partial charge in [0.15, 0.2) is 0 Å². The van der Waals surface area contributed by atoms with Crippen LogP contribution in [0, 0.1) is 11.8 Å². The Bertz CT molecular complexity index is 1060. The number of anilines is 2. The van der Waals surface area contributed by atoms with Gasteiger partial charge in [-0.3, -0.25) is 19.3 Å². The fourth-order valence-corrected chi connectivity index (χ4v) is 4.20. The van der Waals surface area contributed by atoms with Crippen molar-refractivity contribution in [1.29, 1.82) is 0 Å². The quantitative estimate of drug-likeness (QED) is 0.546. The number of hydrogen-bond donors (Lipinski definition) is 1. The van der Waals surface area contributed by atoms with E-state index in [1.807, 2.05) is 13.0 Å². The molecule has 2 aromatic carbocycles. The highest BCUT2D eigenvalue weighted by molar-refractivity contribution is 6.36. The number of rotatable bonds is 3. The minimum Gasteiger partial charge on any atom is -0.321 e. The van der Waals surface area contributed by atoms with E-state index in [-0.39, 0.29) is 23.7 Å². The fourth-order valence-electron chi connectivity index (χ4n) is 3.87. The maximum atomic E-state index is 12.9. The van der Waals surface area contributed by atoms with Crippen molar-refractivity contribution < 1.29 is 14.4 Å². The predicted octanol–water partition coefficient (Wildman–Crippen LogP) is 5.09. The Hall–Kier alpha value is -2.63. The number of nitrogens with one attached hydrogen (secondary N) is 1. The Balaban J connectivity index is 1.59. The number of amides is 3. The van der Waals surface area contributed by atoms with Gasteiger partial charge in [-0.25, -0.2) is 0 Å². The Labute approximate surface area is 178 Å². The van der Waals surface area contributed by atoms with Crippen LogP contribution < -0.4 is 10.2 Å². The summed E-state index contributed by atoms with van der Waals surface area (Å²) in [5.41, 5.74) is 2.22. The monoisotopic (exact) mass is 428 g/mol. The molecule has 0 bridgehead atoms. The smallest absolute Gasteiger partial charge is 0.255 e. The number of carbonyl (C=O) groups excluding carboxylic acids is 3. The summed E-state index contributed by atoms with van der Waals surface area (Å²) in [6.07, 6.45) is 3.19. The molecule has 1 aliphatic heterocycles. The number of imide groups is 1. The van der Waals surface area contributed by atoms with E-state index in [0.29, 0.717) is 39.8 Å². The van der Waals surface area contributed by atoms with Crippen LogP contribution in [0.2, 0.25) is 10.0 Å². The molecule has 148 valence electrons. The summed E-state index contributed by atoms with van der Waals surface area (Å²) in [6, 6.07) is 11.2. The van der Waals surface area contributed by atoms with Gasteiger partial charge in [-0.2, -0.15) is 0 Å². The summed E-state index contributed by atoms with van der Waals surface area (Å²) in [5, 5.41) is 3.51. The van der Waals surface area contributed by atoms with Gasteiger partial charge >= 0.3 is 0 Å². The van der Waals surface area contributed by atoms with E-state index < -0.39 is 5.91 Å². The standard InChI is InChI=1S/C22H18Cl2N2O3/c1-12-5-7-16-17(9-12)22(29)26(21(16)28)15-4-2-3-13(10-15)20(27)25-19-11-14(23)6-8-18(19)24/h2-6,8,10-11,16-17H,7,9H2,1H3,(H,25,27)/t16-,17-/m1/s1. The van der Waals surface area contributed by atoms with Gasteiger partial charge in [0.1, 0.15) is 0 Å². The summed E-state index contributed by atoms with van der Waals surface area (Å²) in [5.74, 6) is -1.48. The number of carbonyl (C=O) groups is 3.